The minimum atomic E-state index is -0.457. The topological polar surface area (TPSA) is 58.7 Å². The molecule has 1 heterocycles. The average molecular weight is 283 g/mol. The van der Waals surface area contributed by atoms with Crippen LogP contribution in [-0.2, 0) is 6.54 Å². The molecule has 0 saturated heterocycles. The van der Waals surface area contributed by atoms with Crippen LogP contribution >= 0.6 is 0 Å². The number of aromatic nitrogens is 2. The zero-order valence-electron chi connectivity index (χ0n) is 11.4. The third-order valence-corrected chi connectivity index (χ3v) is 3.96. The summed E-state index contributed by atoms with van der Waals surface area (Å²) in [7, 11) is 0. The number of rotatable bonds is 3. The van der Waals surface area contributed by atoms with Crippen molar-refractivity contribution in [3.8, 4) is 6.07 Å². The van der Waals surface area contributed by atoms with Crippen LogP contribution in [0.1, 0.15) is 42.0 Å². The van der Waals surface area contributed by atoms with Crippen molar-refractivity contribution in [3.63, 3.8) is 0 Å². The molecule has 0 N–H and O–H groups in total. The van der Waals surface area contributed by atoms with E-state index < -0.39 is 5.82 Å². The first kappa shape index (κ1) is 13.5. The molecule has 21 heavy (non-hydrogen) atoms. The fourth-order valence-electron chi connectivity index (χ4n) is 2.46. The highest BCUT2D eigenvalue weighted by Crippen LogP contribution is 2.34. The van der Waals surface area contributed by atoms with Gasteiger partial charge in [-0.05, 0) is 30.5 Å². The maximum Gasteiger partial charge on any atom is 0.253 e. The number of nitrogens with zero attached hydrogens (tertiary/aromatic N) is 3. The quantitative estimate of drug-likeness (QED) is 0.869. The molecule has 2 aromatic rings. The van der Waals surface area contributed by atoms with Gasteiger partial charge >= 0.3 is 0 Å². The lowest BCUT2D eigenvalue weighted by molar-refractivity contribution is 0.409. The molecule has 0 bridgehead atoms. The molecular formula is C16H14FN3O. The third kappa shape index (κ3) is 2.70. The average Bonchev–Trinajstić information content (AvgIpc) is 2.41. The predicted octanol–water partition coefficient (Wildman–Crippen LogP) is 2.57. The molecule has 3 rings (SSSR count). The molecule has 1 saturated carbocycles. The van der Waals surface area contributed by atoms with Crippen LogP contribution in [0.4, 0.5) is 4.39 Å². The highest BCUT2D eigenvalue weighted by molar-refractivity contribution is 5.38. The van der Waals surface area contributed by atoms with Gasteiger partial charge in [0.2, 0.25) is 0 Å². The Kier molecular flexibility index (Phi) is 3.53. The molecule has 1 fully saturated rings. The molecule has 1 aliphatic carbocycles. The number of halogens is 1. The van der Waals surface area contributed by atoms with Crippen molar-refractivity contribution in [2.75, 3.05) is 0 Å². The van der Waals surface area contributed by atoms with Crippen LogP contribution in [0.15, 0.2) is 35.4 Å². The van der Waals surface area contributed by atoms with Crippen LogP contribution in [0, 0.1) is 17.1 Å². The van der Waals surface area contributed by atoms with Crippen LogP contribution < -0.4 is 5.56 Å². The van der Waals surface area contributed by atoms with Gasteiger partial charge in [-0.25, -0.2) is 9.37 Å². The van der Waals surface area contributed by atoms with Crippen molar-refractivity contribution in [3.05, 3.63) is 63.6 Å². The van der Waals surface area contributed by atoms with E-state index in [0.717, 1.165) is 18.5 Å². The fourth-order valence-corrected chi connectivity index (χ4v) is 2.46. The van der Waals surface area contributed by atoms with Crippen molar-refractivity contribution >= 4 is 0 Å². The van der Waals surface area contributed by atoms with Gasteiger partial charge in [0.05, 0.1) is 30.2 Å². The molecule has 0 spiro atoms. The Labute approximate surface area is 121 Å². The van der Waals surface area contributed by atoms with E-state index in [9.17, 15) is 9.18 Å². The lowest BCUT2D eigenvalue weighted by atomic mass is 9.83. The van der Waals surface area contributed by atoms with Crippen molar-refractivity contribution < 1.29 is 4.39 Å². The molecule has 0 amide bonds. The van der Waals surface area contributed by atoms with Gasteiger partial charge in [-0.1, -0.05) is 12.5 Å². The van der Waals surface area contributed by atoms with Gasteiger partial charge < -0.3 is 0 Å². The Morgan fingerprint density at radius 2 is 2.19 bits per heavy atom. The zero-order valence-corrected chi connectivity index (χ0v) is 11.4. The molecular weight excluding hydrogens is 269 g/mol. The maximum atomic E-state index is 13.1. The number of hydrogen-bond donors (Lipinski definition) is 0. The van der Waals surface area contributed by atoms with Gasteiger partial charge in [-0.2, -0.15) is 5.26 Å². The van der Waals surface area contributed by atoms with E-state index in [1.165, 1.54) is 35.5 Å². The second kappa shape index (κ2) is 5.49. The van der Waals surface area contributed by atoms with Gasteiger partial charge in [0.1, 0.15) is 5.82 Å². The summed E-state index contributed by atoms with van der Waals surface area (Å²) in [6.45, 7) is 0.222. The molecule has 5 heteroatoms. The van der Waals surface area contributed by atoms with Crippen molar-refractivity contribution in [1.82, 2.24) is 9.55 Å². The SMILES string of the molecule is N#Cc1cc(F)ccc1Cn1cnc(C2CCC2)cc1=O. The van der Waals surface area contributed by atoms with Crippen LogP contribution in [-0.4, -0.2) is 9.55 Å². The molecule has 4 nitrogen and oxygen atoms in total. The monoisotopic (exact) mass is 283 g/mol. The van der Waals surface area contributed by atoms with E-state index in [4.69, 9.17) is 5.26 Å². The van der Waals surface area contributed by atoms with Gasteiger partial charge in [0.25, 0.3) is 5.56 Å². The maximum absolute atomic E-state index is 13.1. The first-order valence-electron chi connectivity index (χ1n) is 6.92. The van der Waals surface area contributed by atoms with E-state index in [2.05, 4.69) is 4.98 Å². The number of hydrogen-bond acceptors (Lipinski definition) is 3. The van der Waals surface area contributed by atoms with Crippen molar-refractivity contribution in [2.45, 2.75) is 31.7 Å². The Morgan fingerprint density at radius 1 is 1.38 bits per heavy atom. The van der Waals surface area contributed by atoms with Gasteiger partial charge in [0.15, 0.2) is 0 Å². The lowest BCUT2D eigenvalue weighted by Gasteiger charge is -2.24. The Bertz CT molecular complexity index is 772. The third-order valence-electron chi connectivity index (χ3n) is 3.96. The summed E-state index contributed by atoms with van der Waals surface area (Å²) >= 11 is 0. The van der Waals surface area contributed by atoms with Gasteiger partial charge in [-0.15, -0.1) is 0 Å². The molecule has 106 valence electrons. The van der Waals surface area contributed by atoms with E-state index >= 15 is 0 Å². The molecule has 1 aromatic carbocycles. The molecule has 0 aliphatic heterocycles. The largest absolute Gasteiger partial charge is 0.295 e. The van der Waals surface area contributed by atoms with E-state index in [-0.39, 0.29) is 17.7 Å². The Hall–Kier alpha value is -2.48. The summed E-state index contributed by atoms with van der Waals surface area (Å²) in [5.41, 5.74) is 1.56. The van der Waals surface area contributed by atoms with Crippen molar-refractivity contribution in [2.24, 2.45) is 0 Å². The minimum Gasteiger partial charge on any atom is -0.295 e. The first-order valence-corrected chi connectivity index (χ1v) is 6.92. The predicted molar refractivity (Wildman–Crippen MR) is 75.3 cm³/mol. The number of nitriles is 1. The minimum absolute atomic E-state index is 0.139. The summed E-state index contributed by atoms with van der Waals surface area (Å²) in [6, 6.07) is 7.51. The summed E-state index contributed by atoms with van der Waals surface area (Å²) in [4.78, 5) is 16.5. The summed E-state index contributed by atoms with van der Waals surface area (Å²) in [5.74, 6) is -0.0473. The highest BCUT2D eigenvalue weighted by Gasteiger charge is 2.21. The zero-order chi connectivity index (χ0) is 14.8. The normalized spacial score (nSPS) is 14.5. The fraction of sp³-hybridized carbons (Fsp3) is 0.312. The molecule has 0 unspecified atom stereocenters. The summed E-state index contributed by atoms with van der Waals surface area (Å²) in [6.07, 6.45) is 4.89. The number of benzene rings is 1. The lowest BCUT2D eigenvalue weighted by Crippen LogP contribution is -2.23. The van der Waals surface area contributed by atoms with Crippen LogP contribution in [0.25, 0.3) is 0 Å². The molecule has 1 aromatic heterocycles. The van der Waals surface area contributed by atoms with E-state index in [1.807, 2.05) is 6.07 Å². The second-order valence-electron chi connectivity index (χ2n) is 5.32. The first-order chi connectivity index (χ1) is 10.2. The van der Waals surface area contributed by atoms with Crippen molar-refractivity contribution in [1.29, 1.82) is 5.26 Å². The van der Waals surface area contributed by atoms with E-state index in [0.29, 0.717) is 11.5 Å². The van der Waals surface area contributed by atoms with Crippen LogP contribution in [0.2, 0.25) is 0 Å². The second-order valence-corrected chi connectivity index (χ2v) is 5.32. The van der Waals surface area contributed by atoms with Crippen LogP contribution in [0.3, 0.4) is 0 Å². The highest BCUT2D eigenvalue weighted by atomic mass is 19.1. The van der Waals surface area contributed by atoms with E-state index in [1.54, 1.807) is 6.07 Å². The van der Waals surface area contributed by atoms with Gasteiger partial charge in [-0.3, -0.25) is 9.36 Å². The summed E-state index contributed by atoms with van der Waals surface area (Å²) in [5, 5.41) is 9.03. The molecule has 0 radical (unpaired) electrons. The van der Waals surface area contributed by atoms with Gasteiger partial charge in [0, 0.05) is 12.0 Å². The smallest absolute Gasteiger partial charge is 0.253 e. The summed E-state index contributed by atoms with van der Waals surface area (Å²) < 4.78 is 14.5. The Balaban J connectivity index is 1.88. The Morgan fingerprint density at radius 3 is 2.81 bits per heavy atom. The molecule has 1 aliphatic rings. The molecule has 0 atom stereocenters. The standard InChI is InChI=1S/C16H14FN3O/c17-14-5-4-12(13(6-14)8-18)9-20-10-19-15(7-16(20)21)11-2-1-3-11/h4-7,10-11H,1-3,9H2. The van der Waals surface area contributed by atoms with Crippen LogP contribution in [0.5, 0.6) is 0 Å².